The minimum Gasteiger partial charge on any atom is -0.490 e. The molecule has 7 heteroatoms. The first-order valence-corrected chi connectivity index (χ1v) is 10.9. The lowest BCUT2D eigenvalue weighted by Crippen LogP contribution is -2.32. The van der Waals surface area contributed by atoms with E-state index in [9.17, 15) is 4.79 Å². The number of nitrogens with zero attached hydrogens (tertiary/aromatic N) is 2. The fraction of sp³-hybridized carbons (Fsp3) is 0.364. The second-order valence-electron chi connectivity index (χ2n) is 7.24. The number of oxazole rings is 1. The highest BCUT2D eigenvalue weighted by molar-refractivity contribution is 7.99. The van der Waals surface area contributed by atoms with Gasteiger partial charge in [-0.2, -0.15) is 0 Å². The predicted octanol–water partition coefficient (Wildman–Crippen LogP) is 4.44. The number of amides is 1. The number of carbonyl (C=O) groups excluding carboxylic acids is 1. The molecule has 0 N–H and O–H groups in total. The van der Waals surface area contributed by atoms with Crippen molar-refractivity contribution in [3.63, 3.8) is 0 Å². The van der Waals surface area contributed by atoms with E-state index in [-0.39, 0.29) is 11.9 Å². The van der Waals surface area contributed by atoms with Gasteiger partial charge in [0.25, 0.3) is 5.22 Å². The van der Waals surface area contributed by atoms with Gasteiger partial charge in [0, 0.05) is 13.0 Å². The SMILES string of the molecule is O=C(CSc1nc2ccccc2o1)N1CCCC1c1ccc2c(c1)OCCCO2. The van der Waals surface area contributed by atoms with Crippen molar-refractivity contribution < 1.29 is 18.7 Å². The van der Waals surface area contributed by atoms with Crippen molar-refractivity contribution in [2.45, 2.75) is 30.5 Å². The number of hydrogen-bond acceptors (Lipinski definition) is 6. The van der Waals surface area contributed by atoms with Crippen LogP contribution in [-0.2, 0) is 4.79 Å². The minimum atomic E-state index is 0.0730. The third-order valence-electron chi connectivity index (χ3n) is 5.32. The molecule has 6 nitrogen and oxygen atoms in total. The number of fused-ring (bicyclic) bond motifs is 2. The molecule has 2 aliphatic rings. The molecule has 150 valence electrons. The molecule has 29 heavy (non-hydrogen) atoms. The molecule has 0 bridgehead atoms. The summed E-state index contributed by atoms with van der Waals surface area (Å²) in [4.78, 5) is 19.3. The number of rotatable bonds is 4. The summed E-state index contributed by atoms with van der Waals surface area (Å²) in [6.45, 7) is 2.10. The van der Waals surface area contributed by atoms with Crippen LogP contribution in [0.25, 0.3) is 11.1 Å². The van der Waals surface area contributed by atoms with E-state index in [1.807, 2.05) is 41.3 Å². The third kappa shape index (κ3) is 3.79. The number of likely N-dealkylation sites (tertiary alicyclic amines) is 1. The van der Waals surface area contributed by atoms with Gasteiger partial charge < -0.3 is 18.8 Å². The molecule has 3 aromatic rings. The smallest absolute Gasteiger partial charge is 0.257 e. The number of thioether (sulfide) groups is 1. The van der Waals surface area contributed by atoms with E-state index in [4.69, 9.17) is 13.9 Å². The van der Waals surface area contributed by atoms with Crippen LogP contribution < -0.4 is 9.47 Å². The van der Waals surface area contributed by atoms with Crippen LogP contribution in [-0.4, -0.2) is 41.3 Å². The van der Waals surface area contributed by atoms with Gasteiger partial charge in [-0.25, -0.2) is 4.98 Å². The van der Waals surface area contributed by atoms with Gasteiger partial charge in [0.15, 0.2) is 17.1 Å². The van der Waals surface area contributed by atoms with Crippen molar-refractivity contribution in [1.82, 2.24) is 9.88 Å². The Morgan fingerprint density at radius 3 is 2.86 bits per heavy atom. The summed E-state index contributed by atoms with van der Waals surface area (Å²) in [7, 11) is 0. The maximum atomic E-state index is 12.9. The van der Waals surface area contributed by atoms with Crippen LogP contribution in [0.3, 0.4) is 0 Å². The zero-order chi connectivity index (χ0) is 19.6. The molecule has 0 aliphatic carbocycles. The van der Waals surface area contributed by atoms with Gasteiger partial charge in [0.2, 0.25) is 5.91 Å². The highest BCUT2D eigenvalue weighted by Gasteiger charge is 2.31. The van der Waals surface area contributed by atoms with Gasteiger partial charge in [0.05, 0.1) is 25.0 Å². The number of benzene rings is 2. The van der Waals surface area contributed by atoms with E-state index in [2.05, 4.69) is 11.1 Å². The van der Waals surface area contributed by atoms with E-state index < -0.39 is 0 Å². The summed E-state index contributed by atoms with van der Waals surface area (Å²) in [5.74, 6) is 1.98. The fourth-order valence-corrected chi connectivity index (χ4v) is 4.64. The molecule has 0 saturated carbocycles. The monoisotopic (exact) mass is 410 g/mol. The van der Waals surface area contributed by atoms with Crippen LogP contribution in [0.15, 0.2) is 52.1 Å². The maximum absolute atomic E-state index is 12.9. The van der Waals surface area contributed by atoms with E-state index in [0.29, 0.717) is 24.2 Å². The van der Waals surface area contributed by atoms with Crippen molar-refractivity contribution in [3.8, 4) is 11.5 Å². The summed E-state index contributed by atoms with van der Waals surface area (Å²) < 4.78 is 17.3. The third-order valence-corrected chi connectivity index (χ3v) is 6.14. The second-order valence-corrected chi connectivity index (χ2v) is 8.16. The van der Waals surface area contributed by atoms with Gasteiger partial charge in [-0.15, -0.1) is 0 Å². The lowest BCUT2D eigenvalue weighted by Gasteiger charge is -2.25. The minimum absolute atomic E-state index is 0.0730. The highest BCUT2D eigenvalue weighted by Crippen LogP contribution is 2.38. The van der Waals surface area contributed by atoms with Gasteiger partial charge in [0.1, 0.15) is 5.52 Å². The zero-order valence-corrected chi connectivity index (χ0v) is 16.8. The Morgan fingerprint density at radius 1 is 1.10 bits per heavy atom. The molecule has 1 unspecified atom stereocenters. The summed E-state index contributed by atoms with van der Waals surface area (Å²) in [5.41, 5.74) is 2.66. The molecule has 1 amide bonds. The molecule has 3 heterocycles. The van der Waals surface area contributed by atoms with E-state index in [1.54, 1.807) is 0 Å². The molecule has 5 rings (SSSR count). The molecule has 1 fully saturated rings. The number of hydrogen-bond donors (Lipinski definition) is 0. The Balaban J connectivity index is 1.28. The zero-order valence-electron chi connectivity index (χ0n) is 16.0. The summed E-state index contributed by atoms with van der Waals surface area (Å²) in [6, 6.07) is 13.8. The normalized spacial score (nSPS) is 18.8. The largest absolute Gasteiger partial charge is 0.490 e. The molecule has 1 saturated heterocycles. The lowest BCUT2D eigenvalue weighted by molar-refractivity contribution is -0.129. The van der Waals surface area contributed by atoms with Crippen LogP contribution in [0.5, 0.6) is 11.5 Å². The van der Waals surface area contributed by atoms with Crippen molar-refractivity contribution in [1.29, 1.82) is 0 Å². The quantitative estimate of drug-likeness (QED) is 0.593. The van der Waals surface area contributed by atoms with Crippen molar-refractivity contribution in [2.75, 3.05) is 25.5 Å². The van der Waals surface area contributed by atoms with E-state index >= 15 is 0 Å². The topological polar surface area (TPSA) is 64.8 Å². The maximum Gasteiger partial charge on any atom is 0.257 e. The van der Waals surface area contributed by atoms with Crippen LogP contribution in [0, 0.1) is 0 Å². The Labute approximate surface area is 173 Å². The average molecular weight is 410 g/mol. The molecule has 1 atom stereocenters. The highest BCUT2D eigenvalue weighted by atomic mass is 32.2. The Hall–Kier alpha value is -2.67. The standard InChI is InChI=1S/C22H22N2O4S/c25-21(14-29-22-23-16-5-1-2-7-18(16)28-22)24-10-3-6-17(24)15-8-9-19-20(13-15)27-12-4-11-26-19/h1-2,5,7-9,13,17H,3-4,6,10-12,14H2. The summed E-state index contributed by atoms with van der Waals surface area (Å²) >= 11 is 1.35. The van der Waals surface area contributed by atoms with Crippen LogP contribution in [0.2, 0.25) is 0 Å². The van der Waals surface area contributed by atoms with Crippen LogP contribution >= 0.6 is 11.8 Å². The van der Waals surface area contributed by atoms with Crippen molar-refractivity contribution in [2.24, 2.45) is 0 Å². The second kappa shape index (κ2) is 7.99. The Kier molecular flexibility index (Phi) is 5.06. The predicted molar refractivity (Wildman–Crippen MR) is 110 cm³/mol. The molecule has 0 radical (unpaired) electrons. The number of aromatic nitrogens is 1. The summed E-state index contributed by atoms with van der Waals surface area (Å²) in [5, 5.41) is 0.533. The molecular formula is C22H22N2O4S. The first-order chi connectivity index (χ1) is 14.3. The first kappa shape index (κ1) is 18.4. The van der Waals surface area contributed by atoms with Gasteiger partial charge >= 0.3 is 0 Å². The number of para-hydroxylation sites is 2. The van der Waals surface area contributed by atoms with Crippen LogP contribution in [0.4, 0.5) is 0 Å². The van der Waals surface area contributed by atoms with Crippen molar-refractivity contribution in [3.05, 3.63) is 48.0 Å². The first-order valence-electron chi connectivity index (χ1n) is 9.95. The Morgan fingerprint density at radius 2 is 1.97 bits per heavy atom. The van der Waals surface area contributed by atoms with Gasteiger partial charge in [-0.3, -0.25) is 4.79 Å². The Bertz CT molecular complexity index is 1000. The van der Waals surface area contributed by atoms with Gasteiger partial charge in [-0.05, 0) is 42.7 Å². The van der Waals surface area contributed by atoms with Crippen molar-refractivity contribution >= 4 is 28.8 Å². The summed E-state index contributed by atoms with van der Waals surface area (Å²) in [6.07, 6.45) is 2.84. The lowest BCUT2D eigenvalue weighted by atomic mass is 10.0. The molecular weight excluding hydrogens is 388 g/mol. The molecule has 0 spiro atoms. The van der Waals surface area contributed by atoms with Gasteiger partial charge in [-0.1, -0.05) is 30.0 Å². The van der Waals surface area contributed by atoms with E-state index in [1.165, 1.54) is 11.8 Å². The average Bonchev–Trinajstić information content (AvgIpc) is 3.33. The van der Waals surface area contributed by atoms with E-state index in [0.717, 1.165) is 54.0 Å². The molecule has 2 aliphatic heterocycles. The molecule has 1 aromatic heterocycles. The number of ether oxygens (including phenoxy) is 2. The van der Waals surface area contributed by atoms with Crippen LogP contribution in [0.1, 0.15) is 30.9 Å². The number of carbonyl (C=O) groups is 1. The molecule has 2 aromatic carbocycles. The fourth-order valence-electron chi connectivity index (χ4n) is 3.92.